The first-order valence-electron chi connectivity index (χ1n) is 5.31. The first kappa shape index (κ1) is 11.0. The Morgan fingerprint density at radius 1 is 1.54 bits per heavy atom. The molecule has 1 fully saturated rings. The lowest BCUT2D eigenvalue weighted by molar-refractivity contribution is 0.245. The second-order valence-electron chi connectivity index (χ2n) is 4.18. The van der Waals surface area contributed by atoms with Gasteiger partial charge in [0.2, 0.25) is 0 Å². The summed E-state index contributed by atoms with van der Waals surface area (Å²) in [4.78, 5) is 2.43. The highest BCUT2D eigenvalue weighted by Gasteiger charge is 2.21. The van der Waals surface area contributed by atoms with Crippen LogP contribution in [0.25, 0.3) is 0 Å². The third kappa shape index (κ3) is 4.07. The van der Waals surface area contributed by atoms with Crippen LogP contribution in [0.1, 0.15) is 26.7 Å². The quantitative estimate of drug-likeness (QED) is 0.654. The molecule has 0 radical (unpaired) electrons. The molecule has 1 rings (SSSR count). The number of aliphatic hydroxyl groups is 1. The Labute approximate surface area is 81.1 Å². The van der Waals surface area contributed by atoms with Crippen molar-refractivity contribution < 1.29 is 5.11 Å². The normalized spacial score (nSPS) is 24.5. The molecule has 3 nitrogen and oxygen atoms in total. The van der Waals surface area contributed by atoms with E-state index in [9.17, 15) is 0 Å². The van der Waals surface area contributed by atoms with Crippen molar-refractivity contribution in [2.45, 2.75) is 38.8 Å². The molecule has 0 spiro atoms. The Kier molecular flexibility index (Phi) is 4.70. The lowest BCUT2D eigenvalue weighted by Gasteiger charge is -2.17. The standard InChI is InChI=1S/C10H22N2O/c1-9(2)11-10-4-6-12(8-10)5-3-7-13/h9-11,13H,3-8H2,1-2H3. The molecule has 0 amide bonds. The minimum atomic E-state index is 0.318. The van der Waals surface area contributed by atoms with E-state index in [1.165, 1.54) is 13.0 Å². The summed E-state index contributed by atoms with van der Waals surface area (Å²) in [6, 6.07) is 1.25. The Balaban J connectivity index is 2.12. The molecular weight excluding hydrogens is 164 g/mol. The summed E-state index contributed by atoms with van der Waals surface area (Å²) >= 11 is 0. The third-order valence-electron chi connectivity index (χ3n) is 2.47. The van der Waals surface area contributed by atoms with E-state index in [1.807, 2.05) is 0 Å². The van der Waals surface area contributed by atoms with Crippen LogP contribution >= 0.6 is 0 Å². The molecule has 1 aliphatic heterocycles. The van der Waals surface area contributed by atoms with Gasteiger partial charge >= 0.3 is 0 Å². The Morgan fingerprint density at radius 2 is 2.31 bits per heavy atom. The van der Waals surface area contributed by atoms with Gasteiger partial charge in [0, 0.05) is 31.8 Å². The molecular formula is C10H22N2O. The second kappa shape index (κ2) is 5.58. The summed E-state index contributed by atoms with van der Waals surface area (Å²) in [7, 11) is 0. The Morgan fingerprint density at radius 3 is 2.92 bits per heavy atom. The first-order valence-corrected chi connectivity index (χ1v) is 5.31. The van der Waals surface area contributed by atoms with Crippen molar-refractivity contribution in [2.24, 2.45) is 0 Å². The fourth-order valence-corrected chi connectivity index (χ4v) is 1.94. The van der Waals surface area contributed by atoms with Crippen molar-refractivity contribution in [3.8, 4) is 0 Å². The van der Waals surface area contributed by atoms with E-state index in [4.69, 9.17) is 5.11 Å². The molecule has 1 unspecified atom stereocenters. The van der Waals surface area contributed by atoms with E-state index in [0.29, 0.717) is 18.7 Å². The lowest BCUT2D eigenvalue weighted by atomic mass is 10.2. The zero-order valence-corrected chi connectivity index (χ0v) is 8.79. The van der Waals surface area contributed by atoms with Crippen LogP contribution in [-0.2, 0) is 0 Å². The predicted molar refractivity (Wildman–Crippen MR) is 54.8 cm³/mol. The van der Waals surface area contributed by atoms with E-state index in [1.54, 1.807) is 0 Å². The van der Waals surface area contributed by atoms with Crippen molar-refractivity contribution in [1.29, 1.82) is 0 Å². The molecule has 0 aliphatic carbocycles. The summed E-state index contributed by atoms with van der Waals surface area (Å²) in [6.45, 7) is 8.08. The minimum absolute atomic E-state index is 0.318. The van der Waals surface area contributed by atoms with Crippen LogP contribution in [0.4, 0.5) is 0 Å². The van der Waals surface area contributed by atoms with Crippen molar-refractivity contribution in [1.82, 2.24) is 10.2 Å². The van der Waals surface area contributed by atoms with Crippen LogP contribution in [0.2, 0.25) is 0 Å². The molecule has 0 aromatic rings. The van der Waals surface area contributed by atoms with Gasteiger partial charge in [-0.1, -0.05) is 13.8 Å². The predicted octanol–water partition coefficient (Wildman–Crippen LogP) is 0.441. The SMILES string of the molecule is CC(C)NC1CCN(CCCO)C1. The zero-order chi connectivity index (χ0) is 9.68. The van der Waals surface area contributed by atoms with E-state index in [2.05, 4.69) is 24.1 Å². The molecule has 1 saturated heterocycles. The van der Waals surface area contributed by atoms with Crippen LogP contribution in [-0.4, -0.2) is 48.3 Å². The average molecular weight is 186 g/mol. The maximum atomic E-state index is 8.70. The van der Waals surface area contributed by atoms with E-state index >= 15 is 0 Å². The van der Waals surface area contributed by atoms with Gasteiger partial charge in [-0.3, -0.25) is 0 Å². The number of rotatable bonds is 5. The van der Waals surface area contributed by atoms with E-state index in [0.717, 1.165) is 19.5 Å². The number of nitrogens with one attached hydrogen (secondary N) is 1. The van der Waals surface area contributed by atoms with Gasteiger partial charge in [0.25, 0.3) is 0 Å². The average Bonchev–Trinajstić information content (AvgIpc) is 2.48. The smallest absolute Gasteiger partial charge is 0.0443 e. The van der Waals surface area contributed by atoms with Crippen LogP contribution < -0.4 is 5.32 Å². The number of nitrogens with zero attached hydrogens (tertiary/aromatic N) is 1. The minimum Gasteiger partial charge on any atom is -0.396 e. The van der Waals surface area contributed by atoms with Crippen molar-refractivity contribution in [3.63, 3.8) is 0 Å². The highest BCUT2D eigenvalue weighted by molar-refractivity contribution is 4.81. The maximum Gasteiger partial charge on any atom is 0.0443 e. The summed E-state index contributed by atoms with van der Waals surface area (Å²) in [5, 5.41) is 12.2. The van der Waals surface area contributed by atoms with Crippen LogP contribution in [0.5, 0.6) is 0 Å². The van der Waals surface area contributed by atoms with Crippen molar-refractivity contribution >= 4 is 0 Å². The third-order valence-corrected chi connectivity index (χ3v) is 2.47. The molecule has 1 atom stereocenters. The highest BCUT2D eigenvalue weighted by atomic mass is 16.3. The highest BCUT2D eigenvalue weighted by Crippen LogP contribution is 2.09. The fraction of sp³-hybridized carbons (Fsp3) is 1.00. The van der Waals surface area contributed by atoms with Crippen LogP contribution in [0.15, 0.2) is 0 Å². The van der Waals surface area contributed by atoms with E-state index < -0.39 is 0 Å². The summed E-state index contributed by atoms with van der Waals surface area (Å²) < 4.78 is 0. The second-order valence-corrected chi connectivity index (χ2v) is 4.18. The fourth-order valence-electron chi connectivity index (χ4n) is 1.94. The van der Waals surface area contributed by atoms with E-state index in [-0.39, 0.29) is 0 Å². The van der Waals surface area contributed by atoms with Crippen molar-refractivity contribution in [3.05, 3.63) is 0 Å². The van der Waals surface area contributed by atoms with Gasteiger partial charge in [-0.2, -0.15) is 0 Å². The Hall–Kier alpha value is -0.120. The summed E-state index contributed by atoms with van der Waals surface area (Å²) in [5.74, 6) is 0. The van der Waals surface area contributed by atoms with Gasteiger partial charge in [-0.25, -0.2) is 0 Å². The van der Waals surface area contributed by atoms with Crippen LogP contribution in [0, 0.1) is 0 Å². The Bertz CT molecular complexity index is 139. The molecule has 2 N–H and O–H groups in total. The number of hydrogen-bond donors (Lipinski definition) is 2. The molecule has 1 heterocycles. The van der Waals surface area contributed by atoms with Gasteiger partial charge in [0.1, 0.15) is 0 Å². The topological polar surface area (TPSA) is 35.5 Å². The van der Waals surface area contributed by atoms with Crippen LogP contribution in [0.3, 0.4) is 0 Å². The molecule has 0 saturated carbocycles. The molecule has 0 bridgehead atoms. The molecule has 78 valence electrons. The number of likely N-dealkylation sites (tertiary alicyclic amines) is 1. The van der Waals surface area contributed by atoms with Gasteiger partial charge in [-0.15, -0.1) is 0 Å². The molecule has 0 aromatic heterocycles. The summed E-state index contributed by atoms with van der Waals surface area (Å²) in [5.41, 5.74) is 0. The maximum absolute atomic E-state index is 8.70. The van der Waals surface area contributed by atoms with Gasteiger partial charge in [-0.05, 0) is 19.4 Å². The summed E-state index contributed by atoms with van der Waals surface area (Å²) in [6.07, 6.45) is 2.16. The van der Waals surface area contributed by atoms with Crippen molar-refractivity contribution in [2.75, 3.05) is 26.2 Å². The monoisotopic (exact) mass is 186 g/mol. The number of aliphatic hydroxyl groups excluding tert-OH is 1. The van der Waals surface area contributed by atoms with Gasteiger partial charge in [0.15, 0.2) is 0 Å². The molecule has 0 aromatic carbocycles. The van der Waals surface area contributed by atoms with Gasteiger partial charge < -0.3 is 15.3 Å². The largest absolute Gasteiger partial charge is 0.396 e. The first-order chi connectivity index (χ1) is 6.22. The van der Waals surface area contributed by atoms with Gasteiger partial charge in [0.05, 0.1) is 0 Å². The molecule has 13 heavy (non-hydrogen) atoms. The lowest BCUT2D eigenvalue weighted by Crippen LogP contribution is -2.37. The zero-order valence-electron chi connectivity index (χ0n) is 8.79. The molecule has 3 heteroatoms. The number of hydrogen-bond acceptors (Lipinski definition) is 3. The molecule has 1 aliphatic rings.